The van der Waals surface area contributed by atoms with E-state index < -0.39 is 41.1 Å². The number of hydrogen-bond donors (Lipinski definition) is 1. The van der Waals surface area contributed by atoms with Gasteiger partial charge < -0.3 is 19.3 Å². The van der Waals surface area contributed by atoms with Crippen molar-refractivity contribution in [1.29, 1.82) is 0 Å². The number of ether oxygens (including phenoxy) is 1. The van der Waals surface area contributed by atoms with Gasteiger partial charge in [-0.15, -0.1) is 0 Å². The van der Waals surface area contributed by atoms with Gasteiger partial charge in [0.15, 0.2) is 11.6 Å². The smallest absolute Gasteiger partial charge is 0.426 e. The van der Waals surface area contributed by atoms with E-state index in [9.17, 15) is 32.3 Å². The van der Waals surface area contributed by atoms with Crippen molar-refractivity contribution in [2.24, 2.45) is 0 Å². The fourth-order valence-corrected chi connectivity index (χ4v) is 4.02. The molecule has 180 valence electrons. The lowest BCUT2D eigenvalue weighted by atomic mass is 10.0. The Balaban J connectivity index is 1.84. The summed E-state index contributed by atoms with van der Waals surface area (Å²) in [7, 11) is 1.27. The Hall–Kier alpha value is -3.47. The molecule has 0 saturated heterocycles. The molecule has 11 heteroatoms. The van der Waals surface area contributed by atoms with Crippen molar-refractivity contribution < 1.29 is 36.7 Å². The first kappa shape index (κ1) is 23.7. The monoisotopic (exact) mass is 480 g/mol. The summed E-state index contributed by atoms with van der Waals surface area (Å²) >= 11 is 0. The van der Waals surface area contributed by atoms with E-state index in [0.717, 1.165) is 4.90 Å². The zero-order valence-electron chi connectivity index (χ0n) is 18.3. The lowest BCUT2D eigenvalue weighted by molar-refractivity contribution is -0.244. The van der Waals surface area contributed by atoms with Gasteiger partial charge in [0.1, 0.15) is 0 Å². The van der Waals surface area contributed by atoms with Gasteiger partial charge in [-0.3, -0.25) is 4.79 Å². The molecular weight excluding hydrogens is 460 g/mol. The molecule has 1 aliphatic rings. The predicted octanol–water partition coefficient (Wildman–Crippen LogP) is 3.85. The summed E-state index contributed by atoms with van der Waals surface area (Å²) in [6.45, 7) is 1.91. The molecule has 1 heterocycles. The van der Waals surface area contributed by atoms with Gasteiger partial charge >= 0.3 is 11.8 Å². The zero-order valence-corrected chi connectivity index (χ0v) is 18.3. The number of benzene rings is 2. The average molecular weight is 480 g/mol. The number of aryl methyl sites for hydroxylation is 1. The standard InChI is InChI=1S/C23H20F4N2O5/c1-11-15-9-12(7-8-14(15)20(30)34-28-11)29(21(31)22(2,32)23(25,26)27)18-10-16(18)13-5-4-6-17(24)19(13)33-3/h4-9,16,18,32H,10H2,1-3H3. The molecule has 0 spiro atoms. The van der Waals surface area contributed by atoms with Gasteiger partial charge in [-0.25, -0.2) is 9.18 Å². The number of aliphatic hydroxyl groups is 1. The normalized spacial score (nSPS) is 19.5. The topological polar surface area (TPSA) is 92.9 Å². The molecule has 1 aliphatic carbocycles. The van der Waals surface area contributed by atoms with E-state index in [-0.39, 0.29) is 34.3 Å². The molecule has 1 N–H and O–H groups in total. The summed E-state index contributed by atoms with van der Waals surface area (Å²) in [5.41, 5.74) is -3.76. The molecule has 3 atom stereocenters. The summed E-state index contributed by atoms with van der Waals surface area (Å²) in [4.78, 5) is 26.0. The number of amides is 1. The number of para-hydroxylation sites is 1. The van der Waals surface area contributed by atoms with Crippen LogP contribution in [0.5, 0.6) is 5.75 Å². The fraction of sp³-hybridized carbons (Fsp3) is 0.348. The van der Waals surface area contributed by atoms with Gasteiger partial charge in [-0.1, -0.05) is 17.3 Å². The number of rotatable bonds is 5. The van der Waals surface area contributed by atoms with Crippen LogP contribution in [0.4, 0.5) is 23.2 Å². The molecule has 3 aromatic rings. The second kappa shape index (κ2) is 8.08. The molecule has 1 saturated carbocycles. The van der Waals surface area contributed by atoms with E-state index in [1.807, 2.05) is 0 Å². The van der Waals surface area contributed by atoms with E-state index in [1.54, 1.807) is 6.07 Å². The van der Waals surface area contributed by atoms with Gasteiger partial charge in [0, 0.05) is 28.6 Å². The minimum absolute atomic E-state index is 0.0143. The van der Waals surface area contributed by atoms with Gasteiger partial charge in [-0.2, -0.15) is 13.2 Å². The van der Waals surface area contributed by atoms with Crippen LogP contribution >= 0.6 is 0 Å². The maximum atomic E-state index is 14.2. The lowest BCUT2D eigenvalue weighted by Gasteiger charge is -2.33. The van der Waals surface area contributed by atoms with Crippen LogP contribution in [0.3, 0.4) is 0 Å². The highest BCUT2D eigenvalue weighted by Gasteiger charge is 2.60. The third-order valence-electron chi connectivity index (χ3n) is 6.03. The van der Waals surface area contributed by atoms with Crippen molar-refractivity contribution in [1.82, 2.24) is 5.16 Å². The number of carbonyl (C=O) groups is 1. The number of alkyl halides is 3. The Kier molecular flexibility index (Phi) is 5.63. The number of anilines is 1. The van der Waals surface area contributed by atoms with Gasteiger partial charge in [-0.05, 0) is 44.5 Å². The maximum Gasteiger partial charge on any atom is 0.426 e. The molecule has 7 nitrogen and oxygen atoms in total. The third kappa shape index (κ3) is 3.79. The first-order valence-electron chi connectivity index (χ1n) is 10.2. The summed E-state index contributed by atoms with van der Waals surface area (Å²) in [6, 6.07) is 7.30. The summed E-state index contributed by atoms with van der Waals surface area (Å²) in [5.74, 6) is -2.86. The van der Waals surface area contributed by atoms with E-state index >= 15 is 0 Å². The second-order valence-electron chi connectivity index (χ2n) is 8.30. The highest BCUT2D eigenvalue weighted by molar-refractivity contribution is 6.02. The summed E-state index contributed by atoms with van der Waals surface area (Å²) in [5, 5.41) is 14.2. The van der Waals surface area contributed by atoms with Crippen LogP contribution in [0.1, 0.15) is 30.5 Å². The quantitative estimate of drug-likeness (QED) is 0.558. The van der Waals surface area contributed by atoms with Crippen molar-refractivity contribution >= 4 is 22.4 Å². The minimum atomic E-state index is -5.25. The molecule has 1 aromatic heterocycles. The molecule has 0 radical (unpaired) electrons. The van der Waals surface area contributed by atoms with Gasteiger partial charge in [0.2, 0.25) is 5.60 Å². The Labute approximate surface area is 190 Å². The van der Waals surface area contributed by atoms with E-state index in [4.69, 9.17) is 4.74 Å². The lowest BCUT2D eigenvalue weighted by Crippen LogP contribution is -2.57. The van der Waals surface area contributed by atoms with Crippen LogP contribution in [0, 0.1) is 12.7 Å². The van der Waals surface area contributed by atoms with Gasteiger partial charge in [0.25, 0.3) is 5.91 Å². The Morgan fingerprint density at radius 2 is 1.94 bits per heavy atom. The van der Waals surface area contributed by atoms with E-state index in [2.05, 4.69) is 9.68 Å². The van der Waals surface area contributed by atoms with E-state index in [1.165, 1.54) is 44.4 Å². The predicted molar refractivity (Wildman–Crippen MR) is 113 cm³/mol. The van der Waals surface area contributed by atoms with Crippen LogP contribution in [0.25, 0.3) is 10.8 Å². The van der Waals surface area contributed by atoms with Crippen LogP contribution in [0.2, 0.25) is 0 Å². The number of fused-ring (bicyclic) bond motifs is 1. The first-order chi connectivity index (χ1) is 15.9. The second-order valence-corrected chi connectivity index (χ2v) is 8.30. The highest BCUT2D eigenvalue weighted by atomic mass is 19.4. The average Bonchev–Trinajstić information content (AvgIpc) is 3.55. The minimum Gasteiger partial charge on any atom is -0.493 e. The number of aromatic nitrogens is 1. The largest absolute Gasteiger partial charge is 0.493 e. The molecule has 1 amide bonds. The Morgan fingerprint density at radius 1 is 1.24 bits per heavy atom. The number of methoxy groups -OCH3 is 1. The van der Waals surface area contributed by atoms with E-state index in [0.29, 0.717) is 12.5 Å². The molecule has 0 bridgehead atoms. The van der Waals surface area contributed by atoms with Crippen molar-refractivity contribution in [2.75, 3.05) is 12.0 Å². The van der Waals surface area contributed by atoms with Crippen molar-refractivity contribution in [3.63, 3.8) is 0 Å². The SMILES string of the molecule is COc1c(F)cccc1C1CC1N(C(=O)C(C)(O)C(F)(F)F)c1ccc2c(=O)onc(C)c2c1. The number of carbonyl (C=O) groups excluding carboxylic acids is 1. The molecule has 0 aliphatic heterocycles. The van der Waals surface area contributed by atoms with Crippen LogP contribution in [-0.2, 0) is 4.79 Å². The Morgan fingerprint density at radius 3 is 2.59 bits per heavy atom. The van der Waals surface area contributed by atoms with Crippen LogP contribution in [0.15, 0.2) is 45.7 Å². The summed E-state index contributed by atoms with van der Waals surface area (Å²) in [6.07, 6.45) is -5.05. The van der Waals surface area contributed by atoms with Crippen LogP contribution in [-0.4, -0.2) is 41.1 Å². The molecule has 2 aromatic carbocycles. The zero-order chi connectivity index (χ0) is 25.0. The van der Waals surface area contributed by atoms with Crippen molar-refractivity contribution in [3.05, 3.63) is 63.9 Å². The third-order valence-corrected chi connectivity index (χ3v) is 6.03. The molecule has 1 fully saturated rings. The van der Waals surface area contributed by atoms with Crippen molar-refractivity contribution in [2.45, 2.75) is 44.0 Å². The molecular formula is C23H20F4N2O5. The molecule has 34 heavy (non-hydrogen) atoms. The fourth-order valence-electron chi connectivity index (χ4n) is 4.02. The number of hydrogen-bond acceptors (Lipinski definition) is 6. The molecule has 4 rings (SSSR count). The van der Waals surface area contributed by atoms with Gasteiger partial charge in [0.05, 0.1) is 18.2 Å². The maximum absolute atomic E-state index is 14.2. The number of halogens is 4. The van der Waals surface area contributed by atoms with Crippen LogP contribution < -0.4 is 15.3 Å². The summed E-state index contributed by atoms with van der Waals surface area (Å²) < 4.78 is 64.7. The van der Waals surface area contributed by atoms with Crippen molar-refractivity contribution in [3.8, 4) is 5.75 Å². The Bertz CT molecular complexity index is 1340. The molecule has 3 unspecified atom stereocenters. The number of nitrogens with zero attached hydrogens (tertiary/aromatic N) is 2. The first-order valence-corrected chi connectivity index (χ1v) is 10.2. The highest BCUT2D eigenvalue weighted by Crippen LogP contribution is 2.51.